The number of hydrogen-bond donors (Lipinski definition) is 1. The van der Waals surface area contributed by atoms with E-state index in [1.807, 2.05) is 24.3 Å². The summed E-state index contributed by atoms with van der Waals surface area (Å²) in [5.41, 5.74) is 10.6. The lowest BCUT2D eigenvalue weighted by molar-refractivity contribution is 0.709. The van der Waals surface area contributed by atoms with E-state index in [0.29, 0.717) is 16.4 Å². The average Bonchev–Trinajstić information content (AvgIpc) is 2.70. The summed E-state index contributed by atoms with van der Waals surface area (Å²) in [5, 5.41) is 10.2. The van der Waals surface area contributed by atoms with Gasteiger partial charge in [0.15, 0.2) is 0 Å². The Hall–Kier alpha value is -2.05. The summed E-state index contributed by atoms with van der Waals surface area (Å²) in [6.45, 7) is 0. The molecular formula is C17H16ClN3. The van der Waals surface area contributed by atoms with Crippen LogP contribution in [0.1, 0.15) is 36.1 Å². The quantitative estimate of drug-likeness (QED) is 0.805. The maximum atomic E-state index is 9.50. The van der Waals surface area contributed by atoms with Crippen molar-refractivity contribution in [2.45, 2.75) is 32.1 Å². The molecule has 0 saturated heterocycles. The van der Waals surface area contributed by atoms with Crippen molar-refractivity contribution in [2.24, 2.45) is 0 Å². The monoisotopic (exact) mass is 297 g/mol. The highest BCUT2D eigenvalue weighted by Crippen LogP contribution is 2.36. The van der Waals surface area contributed by atoms with Gasteiger partial charge in [0.1, 0.15) is 17.5 Å². The van der Waals surface area contributed by atoms with Crippen LogP contribution in [0.2, 0.25) is 5.02 Å². The van der Waals surface area contributed by atoms with Crippen molar-refractivity contribution in [1.29, 1.82) is 5.26 Å². The van der Waals surface area contributed by atoms with Crippen LogP contribution < -0.4 is 5.73 Å². The molecule has 1 aliphatic carbocycles. The first-order valence-electron chi connectivity index (χ1n) is 7.18. The van der Waals surface area contributed by atoms with E-state index < -0.39 is 0 Å². The van der Waals surface area contributed by atoms with Crippen LogP contribution in [0.4, 0.5) is 5.82 Å². The minimum atomic E-state index is 0.327. The third-order valence-corrected chi connectivity index (χ3v) is 4.21. The zero-order chi connectivity index (χ0) is 14.8. The van der Waals surface area contributed by atoms with Crippen molar-refractivity contribution in [3.05, 3.63) is 46.1 Å². The van der Waals surface area contributed by atoms with Crippen molar-refractivity contribution in [3.63, 3.8) is 0 Å². The number of nitrogens with two attached hydrogens (primary N) is 1. The maximum Gasteiger partial charge on any atom is 0.142 e. The van der Waals surface area contributed by atoms with Gasteiger partial charge in [-0.15, -0.1) is 0 Å². The van der Waals surface area contributed by atoms with E-state index >= 15 is 0 Å². The van der Waals surface area contributed by atoms with E-state index in [4.69, 9.17) is 17.3 Å². The second-order valence-corrected chi connectivity index (χ2v) is 5.79. The molecule has 1 aliphatic rings. The van der Waals surface area contributed by atoms with Gasteiger partial charge in [0.05, 0.1) is 0 Å². The van der Waals surface area contributed by atoms with E-state index in [1.54, 1.807) is 0 Å². The van der Waals surface area contributed by atoms with Crippen LogP contribution in [-0.4, -0.2) is 4.98 Å². The fourth-order valence-corrected chi connectivity index (χ4v) is 3.21. The van der Waals surface area contributed by atoms with E-state index in [-0.39, 0.29) is 0 Å². The fourth-order valence-electron chi connectivity index (χ4n) is 3.01. The van der Waals surface area contributed by atoms with Crippen LogP contribution >= 0.6 is 11.6 Å². The molecule has 0 aliphatic heterocycles. The van der Waals surface area contributed by atoms with Crippen LogP contribution in [-0.2, 0) is 12.8 Å². The second kappa shape index (κ2) is 5.75. The molecule has 3 rings (SSSR count). The van der Waals surface area contributed by atoms with Gasteiger partial charge in [-0.3, -0.25) is 0 Å². The van der Waals surface area contributed by atoms with Crippen LogP contribution in [0, 0.1) is 11.3 Å². The van der Waals surface area contributed by atoms with Gasteiger partial charge in [0.25, 0.3) is 0 Å². The first kappa shape index (κ1) is 13.9. The van der Waals surface area contributed by atoms with E-state index in [0.717, 1.165) is 42.5 Å². The first-order chi connectivity index (χ1) is 10.2. The SMILES string of the molecule is N#Cc1c(N)nc2c(c1-c1cccc(Cl)c1)CCCCC2. The lowest BCUT2D eigenvalue weighted by atomic mass is 9.92. The summed E-state index contributed by atoms with van der Waals surface area (Å²) in [6.07, 6.45) is 5.31. The number of hydrogen-bond acceptors (Lipinski definition) is 3. The summed E-state index contributed by atoms with van der Waals surface area (Å²) in [7, 11) is 0. The van der Waals surface area contributed by atoms with Gasteiger partial charge in [0.2, 0.25) is 0 Å². The van der Waals surface area contributed by atoms with Gasteiger partial charge in [-0.25, -0.2) is 4.98 Å². The number of rotatable bonds is 1. The Bertz CT molecular complexity index is 732. The van der Waals surface area contributed by atoms with Gasteiger partial charge >= 0.3 is 0 Å². The average molecular weight is 298 g/mol. The van der Waals surface area contributed by atoms with Crippen molar-refractivity contribution >= 4 is 17.4 Å². The second-order valence-electron chi connectivity index (χ2n) is 5.36. The molecule has 2 aromatic rings. The van der Waals surface area contributed by atoms with Crippen molar-refractivity contribution < 1.29 is 0 Å². The third kappa shape index (κ3) is 2.59. The number of benzene rings is 1. The van der Waals surface area contributed by atoms with Crippen molar-refractivity contribution in [1.82, 2.24) is 4.98 Å². The maximum absolute atomic E-state index is 9.50. The lowest BCUT2D eigenvalue weighted by Crippen LogP contribution is -2.06. The highest BCUT2D eigenvalue weighted by molar-refractivity contribution is 6.30. The predicted octanol–water partition coefficient (Wildman–Crippen LogP) is 4.12. The number of fused-ring (bicyclic) bond motifs is 1. The molecule has 0 atom stereocenters. The Labute approximate surface area is 129 Å². The van der Waals surface area contributed by atoms with Gasteiger partial charge in [-0.2, -0.15) is 5.26 Å². The molecule has 4 heteroatoms. The van der Waals surface area contributed by atoms with Crippen LogP contribution in [0.25, 0.3) is 11.1 Å². The molecule has 0 bridgehead atoms. The van der Waals surface area contributed by atoms with Crippen LogP contribution in [0.15, 0.2) is 24.3 Å². The fraction of sp³-hybridized carbons (Fsp3) is 0.294. The van der Waals surface area contributed by atoms with E-state index in [9.17, 15) is 5.26 Å². The molecule has 21 heavy (non-hydrogen) atoms. The molecule has 1 aromatic heterocycles. The molecule has 0 saturated carbocycles. The number of nitrogen functional groups attached to an aromatic ring is 1. The molecule has 0 fully saturated rings. The highest BCUT2D eigenvalue weighted by atomic mass is 35.5. The van der Waals surface area contributed by atoms with Crippen molar-refractivity contribution in [3.8, 4) is 17.2 Å². The topological polar surface area (TPSA) is 62.7 Å². The number of pyridine rings is 1. The van der Waals surface area contributed by atoms with Gasteiger partial charge in [-0.1, -0.05) is 30.2 Å². The Morgan fingerprint density at radius 1 is 1.19 bits per heavy atom. The Kier molecular flexibility index (Phi) is 3.81. The number of aryl methyl sites for hydroxylation is 1. The largest absolute Gasteiger partial charge is 0.383 e. The first-order valence-corrected chi connectivity index (χ1v) is 7.55. The predicted molar refractivity (Wildman–Crippen MR) is 85.1 cm³/mol. The normalized spacial score (nSPS) is 14.1. The van der Waals surface area contributed by atoms with E-state index in [1.165, 1.54) is 12.0 Å². The highest BCUT2D eigenvalue weighted by Gasteiger charge is 2.21. The molecule has 1 heterocycles. The molecule has 0 amide bonds. The van der Waals surface area contributed by atoms with Crippen LogP contribution in [0.3, 0.4) is 0 Å². The molecule has 106 valence electrons. The zero-order valence-electron chi connectivity index (χ0n) is 11.7. The summed E-state index contributed by atoms with van der Waals surface area (Å²) in [4.78, 5) is 4.48. The molecule has 0 spiro atoms. The van der Waals surface area contributed by atoms with Crippen molar-refractivity contribution in [2.75, 3.05) is 5.73 Å². The summed E-state index contributed by atoms with van der Waals surface area (Å²) in [5.74, 6) is 0.327. The zero-order valence-corrected chi connectivity index (χ0v) is 12.5. The molecule has 0 radical (unpaired) electrons. The van der Waals surface area contributed by atoms with E-state index in [2.05, 4.69) is 11.1 Å². The molecular weight excluding hydrogens is 282 g/mol. The Balaban J connectivity index is 2.31. The summed E-state index contributed by atoms with van der Waals surface area (Å²) in [6, 6.07) is 9.83. The smallest absolute Gasteiger partial charge is 0.142 e. The summed E-state index contributed by atoms with van der Waals surface area (Å²) >= 11 is 6.12. The standard InChI is InChI=1S/C17H16ClN3/c18-12-6-4-5-11(9-12)16-13-7-2-1-3-8-15(13)21-17(20)14(16)10-19/h4-6,9H,1-3,7-8H2,(H2,20,21). The van der Waals surface area contributed by atoms with Crippen LogP contribution in [0.5, 0.6) is 0 Å². The third-order valence-electron chi connectivity index (χ3n) is 3.98. The Morgan fingerprint density at radius 2 is 2.00 bits per heavy atom. The van der Waals surface area contributed by atoms with Gasteiger partial charge in [0, 0.05) is 16.3 Å². The number of aromatic nitrogens is 1. The molecule has 1 aromatic carbocycles. The number of nitriles is 1. The molecule has 2 N–H and O–H groups in total. The Morgan fingerprint density at radius 3 is 2.76 bits per heavy atom. The van der Waals surface area contributed by atoms with Gasteiger partial charge in [-0.05, 0) is 48.9 Å². The van der Waals surface area contributed by atoms with Gasteiger partial charge < -0.3 is 5.73 Å². The number of nitrogens with zero attached hydrogens (tertiary/aromatic N) is 2. The number of halogens is 1. The molecule has 3 nitrogen and oxygen atoms in total. The molecule has 0 unspecified atom stereocenters. The minimum Gasteiger partial charge on any atom is -0.383 e. The lowest BCUT2D eigenvalue weighted by Gasteiger charge is -2.16. The summed E-state index contributed by atoms with van der Waals surface area (Å²) < 4.78 is 0. The number of anilines is 1. The minimum absolute atomic E-state index is 0.327.